The van der Waals surface area contributed by atoms with E-state index in [0.29, 0.717) is 29.7 Å². The number of ether oxygens (including phenoxy) is 3. The Morgan fingerprint density at radius 2 is 1.58 bits per heavy atom. The van der Waals surface area contributed by atoms with E-state index in [2.05, 4.69) is 33.2 Å². The van der Waals surface area contributed by atoms with Crippen LogP contribution in [0, 0.1) is 11.3 Å². The molecule has 2 aromatic carbocycles. The molecule has 318 valence electrons. The first kappa shape index (κ1) is 42.1. The lowest BCUT2D eigenvalue weighted by atomic mass is 9.85. The lowest BCUT2D eigenvalue weighted by Gasteiger charge is -2.35. The van der Waals surface area contributed by atoms with Crippen molar-refractivity contribution in [2.45, 2.75) is 102 Å². The summed E-state index contributed by atoms with van der Waals surface area (Å²) >= 11 is 0. The maximum absolute atomic E-state index is 14.8. The average Bonchev–Trinajstić information content (AvgIpc) is 3.71. The number of nitrogens with zero attached hydrogens (tertiary/aromatic N) is 3. The molecule has 3 heterocycles. The molecule has 16 nitrogen and oxygen atoms in total. The Labute approximate surface area is 348 Å². The van der Waals surface area contributed by atoms with Gasteiger partial charge in [-0.3, -0.25) is 24.6 Å². The number of benzene rings is 2. The number of hydrogen-bond donors (Lipinski definition) is 4. The van der Waals surface area contributed by atoms with Gasteiger partial charge in [-0.1, -0.05) is 87.5 Å². The number of carbonyl (C=O) groups is 5. The number of nitrogens with one attached hydrogen (secondary N) is 4. The molecule has 60 heavy (non-hydrogen) atoms. The zero-order valence-corrected chi connectivity index (χ0v) is 34.2. The lowest BCUT2D eigenvalue weighted by molar-refractivity contribution is -0.143. The molecule has 6 atom stereocenters. The van der Waals surface area contributed by atoms with Gasteiger partial charge >= 0.3 is 12.2 Å². The van der Waals surface area contributed by atoms with E-state index >= 15 is 0 Å². The molecule has 4 aliphatic rings. The highest BCUT2D eigenvalue weighted by Gasteiger charge is 2.61. The number of hydrogen-bond acceptors (Lipinski definition) is 10. The van der Waals surface area contributed by atoms with E-state index in [1.807, 2.05) is 60.7 Å². The molecule has 4 fully saturated rings. The van der Waals surface area contributed by atoms with Crippen molar-refractivity contribution in [1.82, 2.24) is 36.2 Å². The Kier molecular flexibility index (Phi) is 12.4. The molecule has 2 aliphatic carbocycles. The number of aromatic nitrogens is 2. The maximum atomic E-state index is 14.8. The van der Waals surface area contributed by atoms with Crippen LogP contribution >= 0.6 is 0 Å². The van der Waals surface area contributed by atoms with Crippen molar-refractivity contribution in [2.24, 2.45) is 11.3 Å². The zero-order valence-electron chi connectivity index (χ0n) is 34.2. The normalized spacial score (nSPS) is 24.2. The highest BCUT2D eigenvalue weighted by Crippen LogP contribution is 2.45. The van der Waals surface area contributed by atoms with Gasteiger partial charge in [-0.2, -0.15) is 5.10 Å². The molecule has 16 heteroatoms. The zero-order chi connectivity index (χ0) is 42.6. The van der Waals surface area contributed by atoms with Crippen molar-refractivity contribution in [3.05, 3.63) is 89.9 Å². The topological polar surface area (TPSA) is 199 Å². The van der Waals surface area contributed by atoms with Gasteiger partial charge in [-0.05, 0) is 48.6 Å². The summed E-state index contributed by atoms with van der Waals surface area (Å²) in [6.07, 6.45) is 4.85. The van der Waals surface area contributed by atoms with Crippen LogP contribution in [0.2, 0.25) is 0 Å². The van der Waals surface area contributed by atoms with Crippen molar-refractivity contribution in [1.29, 1.82) is 0 Å². The number of likely N-dealkylation sites (tertiary alicyclic amines) is 1. The van der Waals surface area contributed by atoms with Gasteiger partial charge in [-0.15, -0.1) is 6.58 Å². The fourth-order valence-corrected chi connectivity index (χ4v) is 8.40. The second-order valence-corrected chi connectivity index (χ2v) is 17.0. The van der Waals surface area contributed by atoms with E-state index in [4.69, 9.17) is 14.2 Å². The third-order valence-electron chi connectivity index (χ3n) is 11.8. The summed E-state index contributed by atoms with van der Waals surface area (Å²) in [5.41, 5.74) is 4.33. The average molecular weight is 824 g/mol. The van der Waals surface area contributed by atoms with E-state index in [1.54, 1.807) is 27.0 Å². The summed E-state index contributed by atoms with van der Waals surface area (Å²) in [5, 5.41) is 10.3. The molecule has 2 saturated heterocycles. The van der Waals surface area contributed by atoms with Crippen LogP contribution in [0.15, 0.2) is 84.3 Å². The molecule has 5 amide bonds. The first-order valence-corrected chi connectivity index (χ1v) is 20.6. The van der Waals surface area contributed by atoms with Crippen molar-refractivity contribution < 1.29 is 38.2 Å². The monoisotopic (exact) mass is 823 g/mol. The third kappa shape index (κ3) is 9.08. The first-order valence-electron chi connectivity index (χ1n) is 20.6. The number of alkyl carbamates (subject to hydrolysis) is 1. The maximum Gasteiger partial charge on any atom is 0.426 e. The fraction of sp³-hybridized carbons (Fsp3) is 0.477. The predicted octanol–water partition coefficient (Wildman–Crippen LogP) is 4.41. The van der Waals surface area contributed by atoms with Crippen molar-refractivity contribution in [2.75, 3.05) is 19.8 Å². The second-order valence-electron chi connectivity index (χ2n) is 17.0. The Balaban J connectivity index is 1.19. The van der Waals surface area contributed by atoms with Gasteiger partial charge in [0.1, 0.15) is 29.8 Å². The van der Waals surface area contributed by atoms with Gasteiger partial charge in [0.15, 0.2) is 0 Å². The molecule has 1 aromatic heterocycles. The highest BCUT2D eigenvalue weighted by molar-refractivity contribution is 5.99. The van der Waals surface area contributed by atoms with Gasteiger partial charge in [-0.25, -0.2) is 19.7 Å². The molecule has 2 aliphatic heterocycles. The van der Waals surface area contributed by atoms with Gasteiger partial charge in [0.2, 0.25) is 11.8 Å². The second kappa shape index (κ2) is 17.7. The summed E-state index contributed by atoms with van der Waals surface area (Å²) in [6.45, 7) is 9.81. The van der Waals surface area contributed by atoms with Gasteiger partial charge in [0.25, 0.3) is 11.5 Å². The quantitative estimate of drug-likeness (QED) is 0.159. The Morgan fingerprint density at radius 3 is 2.20 bits per heavy atom. The van der Waals surface area contributed by atoms with Crippen LogP contribution in [0.1, 0.15) is 71.8 Å². The minimum atomic E-state index is -1.50. The van der Waals surface area contributed by atoms with E-state index in [1.165, 1.54) is 15.7 Å². The Morgan fingerprint density at radius 1 is 0.917 bits per heavy atom. The van der Waals surface area contributed by atoms with Crippen LogP contribution in [0.4, 0.5) is 9.59 Å². The predicted molar refractivity (Wildman–Crippen MR) is 220 cm³/mol. The molecule has 0 bridgehead atoms. The molecule has 0 spiro atoms. The van der Waals surface area contributed by atoms with E-state index in [-0.39, 0.29) is 32.1 Å². The lowest BCUT2D eigenvalue weighted by Crippen LogP contribution is -2.61. The van der Waals surface area contributed by atoms with E-state index < -0.39 is 76.6 Å². The molecule has 3 aromatic rings. The minimum Gasteiger partial charge on any atom is -0.446 e. The number of rotatable bonds is 11. The first-order chi connectivity index (χ1) is 28.8. The largest absolute Gasteiger partial charge is 0.446 e. The number of hydrazine groups is 1. The number of carbonyl (C=O) groups excluding carboxylic acids is 5. The van der Waals surface area contributed by atoms with Crippen LogP contribution in [-0.2, 0) is 28.6 Å². The fourth-order valence-electron chi connectivity index (χ4n) is 8.40. The van der Waals surface area contributed by atoms with Crippen molar-refractivity contribution >= 4 is 29.9 Å². The van der Waals surface area contributed by atoms with E-state index in [9.17, 15) is 28.8 Å². The summed E-state index contributed by atoms with van der Waals surface area (Å²) in [7, 11) is 0. The number of amides is 5. The Bertz CT molecular complexity index is 2150. The standard InChI is InChI=1S/C44H53N7O9/c1-5-29-23-44(29,40(55)48-49-42(57)60-32-20-21-58-26-32)47-37(52)34-22-30(25-50(34)39(54)36(43(2,3)4)46-41(56)59-31-18-12-13-19-31)51-38(53)35(28-16-10-7-11-17-28)33(24-45-51)27-14-8-6-9-15-27/h5-11,14-17,24,29-32,34,36H,1,12-13,18-23,25-26H2,2-4H3,(H,46,56)(H,47,52)(H,48,55)(H,49,57)/t29-,30-,32+,34+,36-,44+/m1/s1. The van der Waals surface area contributed by atoms with Gasteiger partial charge in [0, 0.05) is 30.9 Å². The van der Waals surface area contributed by atoms with Crippen molar-refractivity contribution in [3.8, 4) is 22.3 Å². The molecular formula is C44H53N7O9. The SMILES string of the molecule is C=C[C@@H]1C[C@@]1(NC(=O)[C@@H]1C[C@@H](n2ncc(-c3ccccc3)c(-c3ccccc3)c2=O)CN1C(=O)[C@@H](NC(=O)OC1CCCC1)C(C)(C)C)C(=O)NNC(=O)O[C@H]1CCOC1. The summed E-state index contributed by atoms with van der Waals surface area (Å²) in [5.74, 6) is -2.45. The van der Waals surface area contributed by atoms with Crippen molar-refractivity contribution in [3.63, 3.8) is 0 Å². The molecular weight excluding hydrogens is 771 g/mol. The van der Waals surface area contributed by atoms with Gasteiger partial charge in [0.05, 0.1) is 31.0 Å². The van der Waals surface area contributed by atoms with Crippen LogP contribution in [0.5, 0.6) is 0 Å². The highest BCUT2D eigenvalue weighted by atomic mass is 16.6. The molecule has 0 radical (unpaired) electrons. The smallest absolute Gasteiger partial charge is 0.426 e. The molecule has 4 N–H and O–H groups in total. The van der Waals surface area contributed by atoms with Crippen LogP contribution in [0.25, 0.3) is 22.3 Å². The molecule has 7 rings (SSSR count). The third-order valence-corrected chi connectivity index (χ3v) is 11.8. The van der Waals surface area contributed by atoms with Crippen LogP contribution in [-0.4, -0.2) is 94.2 Å². The summed E-state index contributed by atoms with van der Waals surface area (Å²) in [6, 6.07) is 15.5. The van der Waals surface area contributed by atoms with Gasteiger partial charge < -0.3 is 29.7 Å². The van der Waals surface area contributed by atoms with E-state index in [0.717, 1.165) is 31.2 Å². The van der Waals surface area contributed by atoms with Crippen LogP contribution < -0.4 is 27.0 Å². The molecule has 0 unspecified atom stereocenters. The summed E-state index contributed by atoms with van der Waals surface area (Å²) < 4.78 is 17.5. The van der Waals surface area contributed by atoms with Crippen LogP contribution in [0.3, 0.4) is 0 Å². The summed E-state index contributed by atoms with van der Waals surface area (Å²) in [4.78, 5) is 84.8. The minimum absolute atomic E-state index is 0.0444. The Hall–Kier alpha value is -6.03. The molecule has 2 saturated carbocycles.